The predicted octanol–water partition coefficient (Wildman–Crippen LogP) is 6.76. The minimum Gasteiger partial charge on any atom is -0.0888 e. The van der Waals surface area contributed by atoms with Crippen molar-refractivity contribution in [2.24, 2.45) is 0 Å². The van der Waals surface area contributed by atoms with Gasteiger partial charge in [0, 0.05) is 0 Å². The molecule has 0 radical (unpaired) electrons. The van der Waals surface area contributed by atoms with E-state index in [9.17, 15) is 0 Å². The van der Waals surface area contributed by atoms with Crippen LogP contribution in [0, 0.1) is 0 Å². The summed E-state index contributed by atoms with van der Waals surface area (Å²) in [5, 5.41) is 1.89. The molecule has 0 heterocycles. The van der Waals surface area contributed by atoms with E-state index in [0.29, 0.717) is 20.1 Å². The second kappa shape index (κ2) is 6.89. The molecule has 17 heavy (non-hydrogen) atoms. The highest BCUT2D eigenvalue weighted by atomic mass is 35.5. The molecule has 1 rings (SSSR count). The Morgan fingerprint density at radius 1 is 1.06 bits per heavy atom. The molecule has 0 aliphatic rings. The van der Waals surface area contributed by atoms with E-state index in [-0.39, 0.29) is 5.92 Å². The summed E-state index contributed by atoms with van der Waals surface area (Å²) >= 11 is 24.4. The molecule has 1 unspecified atom stereocenters. The fourth-order valence-corrected chi connectivity index (χ4v) is 2.81. The lowest BCUT2D eigenvalue weighted by Crippen LogP contribution is -1.96. The Morgan fingerprint density at radius 2 is 1.59 bits per heavy atom. The van der Waals surface area contributed by atoms with Gasteiger partial charge in [-0.25, -0.2) is 0 Å². The van der Waals surface area contributed by atoms with E-state index in [4.69, 9.17) is 46.4 Å². The van der Waals surface area contributed by atoms with Gasteiger partial charge in [-0.3, -0.25) is 0 Å². The van der Waals surface area contributed by atoms with Crippen molar-refractivity contribution in [1.29, 1.82) is 0 Å². The largest absolute Gasteiger partial charge is 0.0888 e. The number of hydrogen-bond acceptors (Lipinski definition) is 0. The Balaban J connectivity index is 3.08. The van der Waals surface area contributed by atoms with Gasteiger partial charge in [-0.1, -0.05) is 72.4 Å². The first-order valence-electron chi connectivity index (χ1n) is 5.46. The fraction of sp³-hybridized carbons (Fsp3) is 0.385. The second-order valence-corrected chi connectivity index (χ2v) is 5.47. The molecule has 0 aliphatic carbocycles. The van der Waals surface area contributed by atoms with Crippen LogP contribution in [0.25, 0.3) is 0 Å². The first-order valence-corrected chi connectivity index (χ1v) is 6.98. The zero-order valence-corrected chi connectivity index (χ0v) is 12.8. The Kier molecular flexibility index (Phi) is 6.16. The van der Waals surface area contributed by atoms with Crippen LogP contribution in [0.1, 0.15) is 38.2 Å². The van der Waals surface area contributed by atoms with Crippen molar-refractivity contribution < 1.29 is 0 Å². The van der Waals surface area contributed by atoms with Crippen LogP contribution in [0.4, 0.5) is 0 Å². The third kappa shape index (κ3) is 3.79. The number of allylic oxidation sites excluding steroid dienone is 2. The van der Waals surface area contributed by atoms with E-state index in [1.54, 1.807) is 6.07 Å². The molecule has 0 nitrogen and oxygen atoms in total. The number of hydrogen-bond donors (Lipinski definition) is 0. The van der Waals surface area contributed by atoms with Crippen molar-refractivity contribution >= 4 is 46.4 Å². The summed E-state index contributed by atoms with van der Waals surface area (Å²) in [5.74, 6) is 0.189. The maximum atomic E-state index is 6.18. The van der Waals surface area contributed by atoms with Gasteiger partial charge < -0.3 is 0 Å². The van der Waals surface area contributed by atoms with Crippen molar-refractivity contribution in [3.63, 3.8) is 0 Å². The van der Waals surface area contributed by atoms with Crippen molar-refractivity contribution in [2.45, 2.75) is 32.6 Å². The molecule has 1 atom stereocenters. The van der Waals surface area contributed by atoms with Gasteiger partial charge in [-0.15, -0.1) is 0 Å². The summed E-state index contributed by atoms with van der Waals surface area (Å²) in [5.41, 5.74) is 0.826. The molecule has 0 bridgehead atoms. The van der Waals surface area contributed by atoms with Gasteiger partial charge in [-0.2, -0.15) is 0 Å². The molecule has 94 valence electrons. The highest BCUT2D eigenvalue weighted by Gasteiger charge is 2.18. The Labute approximate surface area is 123 Å². The summed E-state index contributed by atoms with van der Waals surface area (Å²) in [7, 11) is 0. The van der Waals surface area contributed by atoms with E-state index in [2.05, 4.69) is 26.0 Å². The van der Waals surface area contributed by atoms with Crippen LogP contribution >= 0.6 is 46.4 Å². The van der Waals surface area contributed by atoms with Gasteiger partial charge in [0.1, 0.15) is 0 Å². The van der Waals surface area contributed by atoms with Crippen LogP contribution in [0.3, 0.4) is 0 Å². The maximum absolute atomic E-state index is 6.18. The standard InChI is InChI=1S/C13H14Cl4/c1-3-4-5-6-8(2)11-12(16)9(14)7-10(15)13(11)17/h4-5,7-8H,3,6H2,1-2H3/b5-4-. The molecule has 0 spiro atoms. The first kappa shape index (κ1) is 15.2. The molecule has 0 saturated heterocycles. The molecule has 0 aliphatic heterocycles. The molecule has 0 saturated carbocycles. The minimum atomic E-state index is 0.189. The Morgan fingerprint density at radius 3 is 2.06 bits per heavy atom. The molecular weight excluding hydrogens is 298 g/mol. The van der Waals surface area contributed by atoms with Crippen LogP contribution in [-0.4, -0.2) is 0 Å². The van der Waals surface area contributed by atoms with Crippen LogP contribution in [0.15, 0.2) is 18.2 Å². The van der Waals surface area contributed by atoms with Gasteiger partial charge in [0.15, 0.2) is 0 Å². The topological polar surface area (TPSA) is 0 Å². The van der Waals surface area contributed by atoms with Crippen LogP contribution < -0.4 is 0 Å². The van der Waals surface area contributed by atoms with Crippen LogP contribution in [-0.2, 0) is 0 Å². The van der Waals surface area contributed by atoms with E-state index in [1.807, 2.05) is 0 Å². The molecule has 0 N–H and O–H groups in total. The van der Waals surface area contributed by atoms with Crippen molar-refractivity contribution in [1.82, 2.24) is 0 Å². The van der Waals surface area contributed by atoms with E-state index < -0.39 is 0 Å². The third-order valence-corrected chi connectivity index (χ3v) is 4.13. The predicted molar refractivity (Wildman–Crippen MR) is 78.9 cm³/mol. The van der Waals surface area contributed by atoms with Crippen LogP contribution in [0.2, 0.25) is 20.1 Å². The van der Waals surface area contributed by atoms with E-state index in [1.165, 1.54) is 0 Å². The van der Waals surface area contributed by atoms with Crippen molar-refractivity contribution in [3.05, 3.63) is 43.9 Å². The normalized spacial score (nSPS) is 13.3. The Bertz CT molecular complexity index is 398. The summed E-state index contributed by atoms with van der Waals surface area (Å²) in [4.78, 5) is 0. The molecule has 4 heteroatoms. The smallest absolute Gasteiger partial charge is 0.0643 e. The number of halogens is 4. The fourth-order valence-electron chi connectivity index (χ4n) is 1.61. The maximum Gasteiger partial charge on any atom is 0.0643 e. The zero-order valence-electron chi connectivity index (χ0n) is 9.74. The van der Waals surface area contributed by atoms with Gasteiger partial charge >= 0.3 is 0 Å². The average molecular weight is 312 g/mol. The monoisotopic (exact) mass is 310 g/mol. The number of benzene rings is 1. The van der Waals surface area contributed by atoms with Crippen molar-refractivity contribution in [2.75, 3.05) is 0 Å². The second-order valence-electron chi connectivity index (χ2n) is 3.90. The highest BCUT2D eigenvalue weighted by molar-refractivity contribution is 6.48. The lowest BCUT2D eigenvalue weighted by molar-refractivity contribution is 0.779. The molecule has 0 aromatic heterocycles. The van der Waals surface area contributed by atoms with Crippen LogP contribution in [0.5, 0.6) is 0 Å². The molecule has 0 fully saturated rings. The lowest BCUT2D eigenvalue weighted by atomic mass is 9.97. The van der Waals surface area contributed by atoms with E-state index >= 15 is 0 Å². The lowest BCUT2D eigenvalue weighted by Gasteiger charge is -2.15. The summed E-state index contributed by atoms with van der Waals surface area (Å²) in [6, 6.07) is 1.58. The average Bonchev–Trinajstić information content (AvgIpc) is 2.27. The quantitative estimate of drug-likeness (QED) is 0.425. The minimum absolute atomic E-state index is 0.189. The first-order chi connectivity index (χ1) is 7.99. The van der Waals surface area contributed by atoms with Gasteiger partial charge in [0.05, 0.1) is 20.1 Å². The highest BCUT2D eigenvalue weighted by Crippen LogP contribution is 2.41. The molecule has 1 aromatic carbocycles. The van der Waals surface area contributed by atoms with Crippen molar-refractivity contribution in [3.8, 4) is 0 Å². The molecule has 1 aromatic rings. The third-order valence-electron chi connectivity index (χ3n) is 2.53. The summed E-state index contributed by atoms with van der Waals surface area (Å²) < 4.78 is 0. The zero-order chi connectivity index (χ0) is 13.0. The van der Waals surface area contributed by atoms with Gasteiger partial charge in [0.25, 0.3) is 0 Å². The van der Waals surface area contributed by atoms with Gasteiger partial charge in [0.2, 0.25) is 0 Å². The van der Waals surface area contributed by atoms with Gasteiger partial charge in [-0.05, 0) is 30.4 Å². The summed E-state index contributed by atoms with van der Waals surface area (Å²) in [6.45, 7) is 4.15. The summed E-state index contributed by atoms with van der Waals surface area (Å²) in [6.07, 6.45) is 6.12. The molecule has 0 amide bonds. The molecular formula is C13H14Cl4. The number of rotatable bonds is 4. The SMILES string of the molecule is CC/C=C\CC(C)c1c(Cl)c(Cl)cc(Cl)c1Cl. The van der Waals surface area contributed by atoms with E-state index in [0.717, 1.165) is 18.4 Å². The Hall–Kier alpha value is 0.120.